The Hall–Kier alpha value is -2.53. The molecule has 25 heavy (non-hydrogen) atoms. The van der Waals surface area contributed by atoms with Gasteiger partial charge in [-0.05, 0) is 37.3 Å². The van der Waals surface area contributed by atoms with Crippen molar-refractivity contribution >= 4 is 17.3 Å². The molecule has 1 fully saturated rings. The number of quaternary nitrogens is 1. The van der Waals surface area contributed by atoms with Crippen LogP contribution in [-0.4, -0.2) is 45.7 Å². The molecule has 1 saturated heterocycles. The Labute approximate surface area is 149 Å². The minimum Gasteiger partial charge on any atom is -0.497 e. The van der Waals surface area contributed by atoms with Gasteiger partial charge in [-0.2, -0.15) is 0 Å². The summed E-state index contributed by atoms with van der Waals surface area (Å²) in [5.41, 5.74) is 2.54. The van der Waals surface area contributed by atoms with Crippen molar-refractivity contribution in [3.63, 3.8) is 0 Å². The molecule has 0 aliphatic carbocycles. The number of benzene rings is 2. The van der Waals surface area contributed by atoms with Gasteiger partial charge in [0, 0.05) is 5.56 Å². The first kappa shape index (κ1) is 17.3. The number of nitrogens with one attached hydrogen (secondary N) is 2. The van der Waals surface area contributed by atoms with Crippen LogP contribution in [0.3, 0.4) is 0 Å². The number of piperazine rings is 1. The predicted octanol–water partition coefficient (Wildman–Crippen LogP) is 1.67. The molecule has 0 atom stereocenters. The lowest BCUT2D eigenvalue weighted by molar-refractivity contribution is -0.898. The van der Waals surface area contributed by atoms with Crippen LogP contribution in [0.25, 0.3) is 0 Å². The van der Waals surface area contributed by atoms with E-state index in [4.69, 9.17) is 4.74 Å². The van der Waals surface area contributed by atoms with Crippen LogP contribution in [0.4, 0.5) is 11.4 Å². The second kappa shape index (κ2) is 8.03. The minimum absolute atomic E-state index is 0.121. The summed E-state index contributed by atoms with van der Waals surface area (Å²) in [5, 5.41) is 3.06. The van der Waals surface area contributed by atoms with E-state index in [-0.39, 0.29) is 5.91 Å². The van der Waals surface area contributed by atoms with Crippen LogP contribution in [0, 0.1) is 0 Å². The molecule has 2 aromatic carbocycles. The van der Waals surface area contributed by atoms with Gasteiger partial charge in [-0.25, -0.2) is 0 Å². The molecule has 3 rings (SSSR count). The summed E-state index contributed by atoms with van der Waals surface area (Å²) in [6.07, 6.45) is 0. The molecule has 5 heteroatoms. The first-order chi connectivity index (χ1) is 12.2. The average Bonchev–Trinajstić information content (AvgIpc) is 2.68. The van der Waals surface area contributed by atoms with Crippen LogP contribution in [0.2, 0.25) is 0 Å². The summed E-state index contributed by atoms with van der Waals surface area (Å²) in [4.78, 5) is 16.6. The second-order valence-corrected chi connectivity index (χ2v) is 6.29. The molecule has 1 heterocycles. The zero-order chi connectivity index (χ0) is 17.6. The van der Waals surface area contributed by atoms with Crippen LogP contribution in [0.1, 0.15) is 17.3 Å². The van der Waals surface area contributed by atoms with E-state index in [1.807, 2.05) is 30.3 Å². The lowest BCUT2D eigenvalue weighted by atomic mass is 10.1. The van der Waals surface area contributed by atoms with Crippen molar-refractivity contribution < 1.29 is 14.4 Å². The topological polar surface area (TPSA) is 46.0 Å². The fourth-order valence-corrected chi connectivity index (χ4v) is 3.23. The number of hydrogen-bond donors (Lipinski definition) is 2. The quantitative estimate of drug-likeness (QED) is 0.870. The van der Waals surface area contributed by atoms with E-state index in [1.54, 1.807) is 24.1 Å². The molecule has 0 aromatic heterocycles. The van der Waals surface area contributed by atoms with Gasteiger partial charge in [0.15, 0.2) is 0 Å². The number of anilines is 2. The van der Waals surface area contributed by atoms with Gasteiger partial charge in [-0.3, -0.25) is 4.79 Å². The number of ether oxygens (including phenoxy) is 1. The Balaban J connectivity index is 1.75. The second-order valence-electron chi connectivity index (χ2n) is 6.29. The third kappa shape index (κ3) is 4.12. The number of hydrogen-bond acceptors (Lipinski definition) is 3. The van der Waals surface area contributed by atoms with E-state index >= 15 is 0 Å². The molecule has 2 aromatic rings. The molecule has 0 radical (unpaired) electrons. The highest BCUT2D eigenvalue weighted by Gasteiger charge is 2.21. The normalized spacial score (nSPS) is 15.0. The van der Waals surface area contributed by atoms with E-state index in [0.717, 1.165) is 37.6 Å². The van der Waals surface area contributed by atoms with Gasteiger partial charge in [0.25, 0.3) is 5.91 Å². The van der Waals surface area contributed by atoms with Crippen LogP contribution in [-0.2, 0) is 0 Å². The number of carbonyl (C=O) groups excluding carboxylic acids is 1. The van der Waals surface area contributed by atoms with Crippen molar-refractivity contribution in [1.29, 1.82) is 0 Å². The van der Waals surface area contributed by atoms with Crippen LogP contribution in [0.15, 0.2) is 48.5 Å². The lowest BCUT2D eigenvalue weighted by Crippen LogP contribution is -3.14. The number of likely N-dealkylation sites (N-methyl/N-ethyl adjacent to an activating group) is 1. The first-order valence-corrected chi connectivity index (χ1v) is 8.84. The molecule has 0 bridgehead atoms. The monoisotopic (exact) mass is 340 g/mol. The van der Waals surface area contributed by atoms with Crippen molar-refractivity contribution in [2.24, 2.45) is 0 Å². The number of rotatable bonds is 5. The SMILES string of the molecule is CC[NH+]1CCN(c2ccccc2NC(=O)c2cccc(OC)c2)CC1. The fraction of sp³-hybridized carbons (Fsp3) is 0.350. The summed E-state index contributed by atoms with van der Waals surface area (Å²) in [6, 6.07) is 15.2. The number of methoxy groups -OCH3 is 1. The molecule has 0 saturated carbocycles. The summed E-state index contributed by atoms with van der Waals surface area (Å²) >= 11 is 0. The Kier molecular flexibility index (Phi) is 5.56. The van der Waals surface area contributed by atoms with Gasteiger partial charge in [0.05, 0.1) is 51.2 Å². The molecule has 0 unspecified atom stereocenters. The molecule has 0 spiro atoms. The minimum atomic E-state index is -0.121. The van der Waals surface area contributed by atoms with E-state index < -0.39 is 0 Å². The molecule has 1 aliphatic heterocycles. The van der Waals surface area contributed by atoms with Crippen molar-refractivity contribution in [2.75, 3.05) is 50.1 Å². The number of nitrogens with zero attached hydrogens (tertiary/aromatic N) is 1. The van der Waals surface area contributed by atoms with Gasteiger partial charge in [0.2, 0.25) is 0 Å². The van der Waals surface area contributed by atoms with Gasteiger partial charge in [-0.1, -0.05) is 18.2 Å². The van der Waals surface area contributed by atoms with Gasteiger partial charge >= 0.3 is 0 Å². The zero-order valence-electron chi connectivity index (χ0n) is 14.9. The molecule has 1 aliphatic rings. The summed E-state index contributed by atoms with van der Waals surface area (Å²) in [6.45, 7) is 7.68. The predicted molar refractivity (Wildman–Crippen MR) is 101 cm³/mol. The molecular weight excluding hydrogens is 314 g/mol. The summed E-state index contributed by atoms with van der Waals surface area (Å²) in [7, 11) is 1.60. The fourth-order valence-electron chi connectivity index (χ4n) is 3.23. The van der Waals surface area contributed by atoms with Crippen LogP contribution in [0.5, 0.6) is 5.75 Å². The first-order valence-electron chi connectivity index (χ1n) is 8.84. The highest BCUT2D eigenvalue weighted by molar-refractivity contribution is 6.06. The van der Waals surface area contributed by atoms with E-state index in [1.165, 1.54) is 6.54 Å². The Morgan fingerprint density at radius 2 is 1.92 bits per heavy atom. The molecule has 1 amide bonds. The molecule has 5 nitrogen and oxygen atoms in total. The molecule has 2 N–H and O–H groups in total. The largest absolute Gasteiger partial charge is 0.497 e. The van der Waals surface area contributed by atoms with Crippen LogP contribution >= 0.6 is 0 Å². The zero-order valence-corrected chi connectivity index (χ0v) is 14.9. The van der Waals surface area contributed by atoms with Crippen molar-refractivity contribution in [1.82, 2.24) is 0 Å². The Bertz CT molecular complexity index is 724. The maximum atomic E-state index is 12.6. The average molecular weight is 340 g/mol. The van der Waals surface area contributed by atoms with Gasteiger partial charge in [-0.15, -0.1) is 0 Å². The van der Waals surface area contributed by atoms with Crippen molar-refractivity contribution in [3.8, 4) is 5.75 Å². The smallest absolute Gasteiger partial charge is 0.255 e. The maximum Gasteiger partial charge on any atom is 0.255 e. The molecule has 132 valence electrons. The Morgan fingerprint density at radius 3 is 2.64 bits per heavy atom. The van der Waals surface area contributed by atoms with E-state index in [0.29, 0.717) is 11.3 Å². The van der Waals surface area contributed by atoms with Crippen molar-refractivity contribution in [3.05, 3.63) is 54.1 Å². The van der Waals surface area contributed by atoms with Gasteiger partial charge in [0.1, 0.15) is 5.75 Å². The van der Waals surface area contributed by atoms with Crippen molar-refractivity contribution in [2.45, 2.75) is 6.92 Å². The van der Waals surface area contributed by atoms with E-state index in [9.17, 15) is 4.79 Å². The number of amides is 1. The lowest BCUT2D eigenvalue weighted by Gasteiger charge is -2.34. The Morgan fingerprint density at radius 1 is 1.16 bits per heavy atom. The van der Waals surface area contributed by atoms with Gasteiger partial charge < -0.3 is 19.9 Å². The summed E-state index contributed by atoms with van der Waals surface area (Å²) < 4.78 is 5.20. The molecular formula is C20H26N3O2+. The number of para-hydroxylation sites is 2. The number of carbonyl (C=O) groups is 1. The van der Waals surface area contributed by atoms with E-state index in [2.05, 4.69) is 23.2 Å². The van der Waals surface area contributed by atoms with Crippen LogP contribution < -0.4 is 19.9 Å². The third-order valence-corrected chi connectivity index (χ3v) is 4.80. The highest BCUT2D eigenvalue weighted by Crippen LogP contribution is 2.26. The third-order valence-electron chi connectivity index (χ3n) is 4.80. The maximum absolute atomic E-state index is 12.6. The standard InChI is InChI=1S/C20H25N3O2/c1-3-22-11-13-23(14-12-22)19-10-5-4-9-18(19)21-20(24)16-7-6-8-17(15-16)25-2/h4-10,15H,3,11-14H2,1-2H3,(H,21,24)/p+1. The summed E-state index contributed by atoms with van der Waals surface area (Å²) in [5.74, 6) is 0.559. The highest BCUT2D eigenvalue weighted by atomic mass is 16.5.